The second-order valence-electron chi connectivity index (χ2n) is 5.54. The quantitative estimate of drug-likeness (QED) is 0.417. The molecule has 3 amide bonds. The first-order valence-corrected chi connectivity index (χ1v) is 8.04. The molecule has 8 heteroatoms. The summed E-state index contributed by atoms with van der Waals surface area (Å²) in [5.74, 6) is 0.394. The van der Waals surface area contributed by atoms with E-state index in [0.29, 0.717) is 25.6 Å². The predicted octanol–water partition coefficient (Wildman–Crippen LogP) is 0.452. The van der Waals surface area contributed by atoms with Crippen molar-refractivity contribution in [1.82, 2.24) is 25.8 Å². The second kappa shape index (κ2) is 7.61. The number of hydrogen-bond acceptors (Lipinski definition) is 4. The SMILES string of the molecule is CN=C(NCCN1C(=O)CNC1=O)NCc1ccnc2ccccc12. The van der Waals surface area contributed by atoms with Gasteiger partial charge in [-0.15, -0.1) is 0 Å². The van der Waals surface area contributed by atoms with Gasteiger partial charge in [0.05, 0.1) is 12.1 Å². The zero-order chi connectivity index (χ0) is 17.6. The molecule has 1 fully saturated rings. The Bertz CT molecular complexity index is 798. The van der Waals surface area contributed by atoms with Gasteiger partial charge in [-0.3, -0.25) is 19.7 Å². The van der Waals surface area contributed by atoms with Gasteiger partial charge in [0.2, 0.25) is 5.91 Å². The van der Waals surface area contributed by atoms with Gasteiger partial charge in [0, 0.05) is 38.3 Å². The molecule has 0 spiro atoms. The Morgan fingerprint density at radius 3 is 2.88 bits per heavy atom. The van der Waals surface area contributed by atoms with Crippen LogP contribution in [-0.2, 0) is 11.3 Å². The molecule has 0 bridgehead atoms. The van der Waals surface area contributed by atoms with Gasteiger partial charge in [-0.05, 0) is 17.7 Å². The molecule has 8 nitrogen and oxygen atoms in total. The number of fused-ring (bicyclic) bond motifs is 1. The lowest BCUT2D eigenvalue weighted by Gasteiger charge is -2.16. The van der Waals surface area contributed by atoms with Crippen LogP contribution in [0.25, 0.3) is 10.9 Å². The maximum Gasteiger partial charge on any atom is 0.324 e. The summed E-state index contributed by atoms with van der Waals surface area (Å²) in [7, 11) is 1.67. The Morgan fingerprint density at radius 1 is 1.28 bits per heavy atom. The summed E-state index contributed by atoms with van der Waals surface area (Å²) in [6, 6.07) is 9.58. The fourth-order valence-corrected chi connectivity index (χ4v) is 2.68. The van der Waals surface area contributed by atoms with Crippen LogP contribution in [-0.4, -0.2) is 54.5 Å². The molecule has 1 aliphatic rings. The zero-order valence-corrected chi connectivity index (χ0v) is 14.0. The Hall–Kier alpha value is -3.16. The molecular weight excluding hydrogens is 320 g/mol. The number of carbonyl (C=O) groups is 2. The van der Waals surface area contributed by atoms with E-state index >= 15 is 0 Å². The number of amides is 3. The van der Waals surface area contributed by atoms with Gasteiger partial charge in [-0.2, -0.15) is 0 Å². The van der Waals surface area contributed by atoms with Crippen molar-refractivity contribution in [2.75, 3.05) is 26.7 Å². The topological polar surface area (TPSA) is 98.7 Å². The van der Waals surface area contributed by atoms with E-state index in [0.717, 1.165) is 16.5 Å². The molecule has 0 unspecified atom stereocenters. The number of imide groups is 1. The standard InChI is InChI=1S/C17H20N6O2/c1-18-16(20-8-9-23-15(24)11-22-17(23)25)21-10-12-6-7-19-14-5-3-2-4-13(12)14/h2-7H,8-11H2,1H3,(H,22,25)(H2,18,20,21). The third kappa shape index (κ3) is 3.85. The van der Waals surface area contributed by atoms with Crippen molar-refractivity contribution >= 4 is 28.8 Å². The molecule has 1 aromatic heterocycles. The minimum atomic E-state index is -0.349. The van der Waals surface area contributed by atoms with Crippen molar-refractivity contribution in [3.05, 3.63) is 42.1 Å². The number of para-hydroxylation sites is 1. The number of nitrogens with one attached hydrogen (secondary N) is 3. The van der Waals surface area contributed by atoms with E-state index in [1.165, 1.54) is 4.90 Å². The van der Waals surface area contributed by atoms with Crippen LogP contribution in [0.1, 0.15) is 5.56 Å². The van der Waals surface area contributed by atoms with E-state index in [1.54, 1.807) is 13.2 Å². The summed E-state index contributed by atoms with van der Waals surface area (Å²) in [6.45, 7) is 1.38. The van der Waals surface area contributed by atoms with E-state index < -0.39 is 0 Å². The molecule has 1 aliphatic heterocycles. The van der Waals surface area contributed by atoms with Crippen molar-refractivity contribution in [2.45, 2.75) is 6.54 Å². The second-order valence-corrected chi connectivity index (χ2v) is 5.54. The van der Waals surface area contributed by atoms with Crippen LogP contribution in [0.15, 0.2) is 41.5 Å². The molecule has 1 saturated heterocycles. The van der Waals surface area contributed by atoms with Crippen molar-refractivity contribution < 1.29 is 9.59 Å². The summed E-state index contributed by atoms with van der Waals surface area (Å²) in [5, 5.41) is 9.92. The van der Waals surface area contributed by atoms with Crippen LogP contribution in [0.5, 0.6) is 0 Å². The van der Waals surface area contributed by atoms with Gasteiger partial charge in [0.1, 0.15) is 0 Å². The molecule has 0 saturated carbocycles. The number of carbonyl (C=O) groups excluding carboxylic acids is 2. The number of hydrogen-bond donors (Lipinski definition) is 3. The maximum atomic E-state index is 11.5. The van der Waals surface area contributed by atoms with Crippen LogP contribution < -0.4 is 16.0 Å². The number of aromatic nitrogens is 1. The first-order valence-electron chi connectivity index (χ1n) is 8.04. The number of guanidine groups is 1. The number of rotatable bonds is 5. The van der Waals surface area contributed by atoms with E-state index in [2.05, 4.69) is 25.9 Å². The van der Waals surface area contributed by atoms with Crippen LogP contribution in [0, 0.1) is 0 Å². The summed E-state index contributed by atoms with van der Waals surface area (Å²) in [5.41, 5.74) is 2.06. The lowest BCUT2D eigenvalue weighted by molar-refractivity contribution is -0.124. The molecular formula is C17H20N6O2. The number of pyridine rings is 1. The highest BCUT2D eigenvalue weighted by Gasteiger charge is 2.27. The van der Waals surface area contributed by atoms with Crippen molar-refractivity contribution in [3.8, 4) is 0 Å². The van der Waals surface area contributed by atoms with Crippen LogP contribution >= 0.6 is 0 Å². The molecule has 2 aromatic rings. The lowest BCUT2D eigenvalue weighted by Crippen LogP contribution is -2.43. The van der Waals surface area contributed by atoms with Crippen molar-refractivity contribution in [3.63, 3.8) is 0 Å². The monoisotopic (exact) mass is 340 g/mol. The molecule has 3 N–H and O–H groups in total. The summed E-state index contributed by atoms with van der Waals surface area (Å²) >= 11 is 0. The molecule has 2 heterocycles. The largest absolute Gasteiger partial charge is 0.355 e. The highest BCUT2D eigenvalue weighted by Crippen LogP contribution is 2.15. The third-order valence-corrected chi connectivity index (χ3v) is 3.97. The van der Waals surface area contributed by atoms with Gasteiger partial charge in [-0.1, -0.05) is 18.2 Å². The predicted molar refractivity (Wildman–Crippen MR) is 95.1 cm³/mol. The van der Waals surface area contributed by atoms with Gasteiger partial charge in [-0.25, -0.2) is 4.79 Å². The molecule has 3 rings (SSSR count). The summed E-state index contributed by atoms with van der Waals surface area (Å²) < 4.78 is 0. The number of urea groups is 1. The number of nitrogens with zero attached hydrogens (tertiary/aromatic N) is 3. The Kier molecular flexibility index (Phi) is 5.08. The molecule has 130 valence electrons. The average Bonchev–Trinajstić information content (AvgIpc) is 2.96. The summed E-state index contributed by atoms with van der Waals surface area (Å²) in [4.78, 5) is 32.7. The third-order valence-electron chi connectivity index (χ3n) is 3.97. The first kappa shape index (κ1) is 16.7. The van der Waals surface area contributed by atoms with Crippen molar-refractivity contribution in [2.24, 2.45) is 4.99 Å². The van der Waals surface area contributed by atoms with E-state index in [9.17, 15) is 9.59 Å². The summed E-state index contributed by atoms with van der Waals surface area (Å²) in [6.07, 6.45) is 1.78. The van der Waals surface area contributed by atoms with Crippen LogP contribution in [0.3, 0.4) is 0 Å². The van der Waals surface area contributed by atoms with Gasteiger partial charge in [0.15, 0.2) is 5.96 Å². The Balaban J connectivity index is 1.54. The van der Waals surface area contributed by atoms with E-state index in [-0.39, 0.29) is 18.5 Å². The Morgan fingerprint density at radius 2 is 2.12 bits per heavy atom. The highest BCUT2D eigenvalue weighted by atomic mass is 16.2. The molecule has 0 atom stereocenters. The van der Waals surface area contributed by atoms with E-state index in [1.807, 2.05) is 30.3 Å². The van der Waals surface area contributed by atoms with Gasteiger partial charge in [0.25, 0.3) is 0 Å². The van der Waals surface area contributed by atoms with Gasteiger partial charge < -0.3 is 16.0 Å². The molecule has 25 heavy (non-hydrogen) atoms. The normalized spacial score (nSPS) is 14.8. The average molecular weight is 340 g/mol. The molecule has 1 aromatic carbocycles. The molecule has 0 radical (unpaired) electrons. The maximum absolute atomic E-state index is 11.5. The fraction of sp³-hybridized carbons (Fsp3) is 0.294. The van der Waals surface area contributed by atoms with E-state index in [4.69, 9.17) is 0 Å². The van der Waals surface area contributed by atoms with Crippen molar-refractivity contribution in [1.29, 1.82) is 0 Å². The smallest absolute Gasteiger partial charge is 0.324 e. The number of benzene rings is 1. The zero-order valence-electron chi connectivity index (χ0n) is 14.0. The first-order chi connectivity index (χ1) is 12.2. The Labute approximate surface area is 145 Å². The lowest BCUT2D eigenvalue weighted by atomic mass is 10.1. The molecule has 0 aliphatic carbocycles. The van der Waals surface area contributed by atoms with Crippen LogP contribution in [0.2, 0.25) is 0 Å². The van der Waals surface area contributed by atoms with Gasteiger partial charge >= 0.3 is 6.03 Å². The fourth-order valence-electron chi connectivity index (χ4n) is 2.68. The minimum absolute atomic E-state index is 0.0704. The number of aliphatic imine (C=N–C) groups is 1. The highest BCUT2D eigenvalue weighted by molar-refractivity contribution is 6.01. The van der Waals surface area contributed by atoms with Crippen LogP contribution in [0.4, 0.5) is 4.79 Å². The minimum Gasteiger partial charge on any atom is -0.355 e.